The Balaban J connectivity index is 1.96. The lowest BCUT2D eigenvalue weighted by molar-refractivity contribution is 0.161. The molecule has 1 aromatic carbocycles. The summed E-state index contributed by atoms with van der Waals surface area (Å²) >= 11 is 5.06. The molecular formula is C12H11BrN2OS. The molecule has 17 heavy (non-hydrogen) atoms. The van der Waals surface area contributed by atoms with E-state index in [4.69, 9.17) is 10.5 Å². The normalized spacial score (nSPS) is 22.9. The van der Waals surface area contributed by atoms with Gasteiger partial charge in [0.25, 0.3) is 0 Å². The lowest BCUT2D eigenvalue weighted by Gasteiger charge is -2.29. The number of nitrogens with zero attached hydrogens (tertiary/aromatic N) is 1. The number of rotatable bonds is 1. The van der Waals surface area contributed by atoms with Crippen LogP contribution >= 0.6 is 27.3 Å². The van der Waals surface area contributed by atoms with Crippen LogP contribution < -0.4 is 10.5 Å². The van der Waals surface area contributed by atoms with E-state index >= 15 is 0 Å². The van der Waals surface area contributed by atoms with Gasteiger partial charge in [-0.3, -0.25) is 0 Å². The van der Waals surface area contributed by atoms with Crippen LogP contribution in [0, 0.1) is 0 Å². The Labute approximate surface area is 112 Å². The number of halogens is 1. The number of benzene rings is 1. The minimum atomic E-state index is -0.0151. The first-order chi connectivity index (χ1) is 8.24. The number of ether oxygens (including phenoxy) is 1. The van der Waals surface area contributed by atoms with Crippen molar-refractivity contribution >= 4 is 27.3 Å². The fourth-order valence-corrected chi connectivity index (χ4v) is 3.08. The maximum Gasteiger partial charge on any atom is 0.152 e. The van der Waals surface area contributed by atoms with Crippen molar-refractivity contribution in [1.29, 1.82) is 0 Å². The Hall–Kier alpha value is -0.910. The first-order valence-corrected chi connectivity index (χ1v) is 7.02. The second-order valence-corrected chi connectivity index (χ2v) is 5.84. The molecule has 0 saturated carbocycles. The average molecular weight is 311 g/mol. The predicted octanol–water partition coefficient (Wildman–Crippen LogP) is 3.43. The van der Waals surface area contributed by atoms with Gasteiger partial charge < -0.3 is 10.5 Å². The van der Waals surface area contributed by atoms with Gasteiger partial charge in [-0.05, 0) is 18.2 Å². The average Bonchev–Trinajstić information content (AvgIpc) is 2.83. The van der Waals surface area contributed by atoms with Crippen molar-refractivity contribution in [3.05, 3.63) is 44.8 Å². The van der Waals surface area contributed by atoms with Crippen LogP contribution in [0.25, 0.3) is 0 Å². The Kier molecular flexibility index (Phi) is 2.90. The van der Waals surface area contributed by atoms with E-state index in [1.165, 1.54) is 0 Å². The van der Waals surface area contributed by atoms with Crippen molar-refractivity contribution in [3.63, 3.8) is 0 Å². The van der Waals surface area contributed by atoms with Gasteiger partial charge in [0.1, 0.15) is 10.8 Å². The summed E-state index contributed by atoms with van der Waals surface area (Å²) in [5, 5.41) is 2.95. The van der Waals surface area contributed by atoms with Crippen molar-refractivity contribution in [2.45, 2.75) is 18.6 Å². The molecule has 2 aromatic rings. The first kappa shape index (κ1) is 11.2. The summed E-state index contributed by atoms with van der Waals surface area (Å²) < 4.78 is 6.98. The van der Waals surface area contributed by atoms with E-state index in [0.717, 1.165) is 27.2 Å². The van der Waals surface area contributed by atoms with Gasteiger partial charge in [-0.2, -0.15) is 0 Å². The molecule has 2 heterocycles. The summed E-state index contributed by atoms with van der Waals surface area (Å²) in [6, 6.07) is 5.96. The van der Waals surface area contributed by atoms with Gasteiger partial charge in [0.15, 0.2) is 6.10 Å². The van der Waals surface area contributed by atoms with Crippen LogP contribution in [0.5, 0.6) is 5.75 Å². The zero-order chi connectivity index (χ0) is 11.8. The van der Waals surface area contributed by atoms with Crippen LogP contribution in [0.15, 0.2) is 34.2 Å². The number of aromatic nitrogens is 1. The summed E-state index contributed by atoms with van der Waals surface area (Å²) in [6.45, 7) is 0. The first-order valence-electron chi connectivity index (χ1n) is 5.35. The zero-order valence-electron chi connectivity index (χ0n) is 8.97. The highest BCUT2D eigenvalue weighted by molar-refractivity contribution is 9.10. The third kappa shape index (κ3) is 2.10. The highest BCUT2D eigenvalue weighted by atomic mass is 79.9. The molecule has 1 aliphatic rings. The number of hydrogen-bond donors (Lipinski definition) is 1. The SMILES string of the molecule is N[C@H]1CC(c2nccs2)Oc2ccc(Br)cc21. The van der Waals surface area contributed by atoms with E-state index < -0.39 is 0 Å². The highest BCUT2D eigenvalue weighted by Crippen LogP contribution is 2.40. The number of fused-ring (bicyclic) bond motifs is 1. The molecule has 0 spiro atoms. The summed E-state index contributed by atoms with van der Waals surface area (Å²) in [5.74, 6) is 0.868. The Morgan fingerprint density at radius 1 is 1.47 bits per heavy atom. The molecule has 5 heteroatoms. The van der Waals surface area contributed by atoms with E-state index in [1.807, 2.05) is 23.6 Å². The molecule has 2 N–H and O–H groups in total. The third-order valence-electron chi connectivity index (χ3n) is 2.84. The van der Waals surface area contributed by atoms with Gasteiger partial charge in [-0.1, -0.05) is 15.9 Å². The molecule has 0 aliphatic carbocycles. The second-order valence-electron chi connectivity index (χ2n) is 4.00. The van der Waals surface area contributed by atoms with Crippen LogP contribution in [0.1, 0.15) is 29.1 Å². The van der Waals surface area contributed by atoms with Gasteiger partial charge in [0, 0.05) is 34.1 Å². The van der Waals surface area contributed by atoms with Crippen molar-refractivity contribution in [2.75, 3.05) is 0 Å². The Morgan fingerprint density at radius 2 is 2.35 bits per heavy atom. The molecule has 0 radical (unpaired) electrons. The van der Waals surface area contributed by atoms with Crippen LogP contribution in [-0.2, 0) is 0 Å². The van der Waals surface area contributed by atoms with Crippen LogP contribution in [0.3, 0.4) is 0 Å². The van der Waals surface area contributed by atoms with E-state index in [1.54, 1.807) is 17.5 Å². The van der Waals surface area contributed by atoms with E-state index in [2.05, 4.69) is 20.9 Å². The number of thiazole rings is 1. The van der Waals surface area contributed by atoms with Crippen molar-refractivity contribution < 1.29 is 4.74 Å². The molecule has 1 unspecified atom stereocenters. The minimum Gasteiger partial charge on any atom is -0.483 e. The van der Waals surface area contributed by atoms with Gasteiger partial charge in [0.2, 0.25) is 0 Å². The lowest BCUT2D eigenvalue weighted by Crippen LogP contribution is -2.24. The van der Waals surface area contributed by atoms with Gasteiger partial charge in [0.05, 0.1) is 0 Å². The van der Waals surface area contributed by atoms with Gasteiger partial charge >= 0.3 is 0 Å². The van der Waals surface area contributed by atoms with Crippen molar-refractivity contribution in [3.8, 4) is 5.75 Å². The van der Waals surface area contributed by atoms with Crippen LogP contribution in [0.2, 0.25) is 0 Å². The van der Waals surface area contributed by atoms with Gasteiger partial charge in [-0.15, -0.1) is 11.3 Å². The molecule has 0 fully saturated rings. The van der Waals surface area contributed by atoms with Crippen molar-refractivity contribution in [1.82, 2.24) is 4.98 Å². The monoisotopic (exact) mass is 310 g/mol. The highest BCUT2D eigenvalue weighted by Gasteiger charge is 2.28. The van der Waals surface area contributed by atoms with E-state index in [-0.39, 0.29) is 12.1 Å². The summed E-state index contributed by atoms with van der Waals surface area (Å²) in [6.07, 6.45) is 2.56. The molecule has 88 valence electrons. The Bertz CT molecular complexity index is 529. The fraction of sp³-hybridized carbons (Fsp3) is 0.250. The topological polar surface area (TPSA) is 48.1 Å². The molecule has 0 saturated heterocycles. The molecule has 1 aliphatic heterocycles. The smallest absolute Gasteiger partial charge is 0.152 e. The summed E-state index contributed by atoms with van der Waals surface area (Å²) in [7, 11) is 0. The fourth-order valence-electron chi connectivity index (χ4n) is 2.02. The van der Waals surface area contributed by atoms with E-state index in [0.29, 0.717) is 0 Å². The summed E-state index contributed by atoms with van der Waals surface area (Å²) in [4.78, 5) is 4.29. The maximum atomic E-state index is 6.19. The van der Waals surface area contributed by atoms with E-state index in [9.17, 15) is 0 Å². The number of nitrogens with two attached hydrogens (primary N) is 1. The molecule has 2 atom stereocenters. The molecule has 3 nitrogen and oxygen atoms in total. The zero-order valence-corrected chi connectivity index (χ0v) is 11.4. The Morgan fingerprint density at radius 3 is 3.12 bits per heavy atom. The summed E-state index contributed by atoms with van der Waals surface area (Å²) in [5.41, 5.74) is 7.25. The molecule has 0 amide bonds. The third-order valence-corrected chi connectivity index (χ3v) is 4.20. The molecule has 0 bridgehead atoms. The van der Waals surface area contributed by atoms with Crippen LogP contribution in [0.4, 0.5) is 0 Å². The quantitative estimate of drug-likeness (QED) is 0.878. The second kappa shape index (κ2) is 4.40. The largest absolute Gasteiger partial charge is 0.483 e. The predicted molar refractivity (Wildman–Crippen MR) is 71.2 cm³/mol. The number of hydrogen-bond acceptors (Lipinski definition) is 4. The lowest BCUT2D eigenvalue weighted by atomic mass is 9.97. The van der Waals surface area contributed by atoms with Crippen LogP contribution in [-0.4, -0.2) is 4.98 Å². The molecule has 3 rings (SSSR count). The molecular weight excluding hydrogens is 300 g/mol. The molecule has 1 aromatic heterocycles. The minimum absolute atomic E-state index is 0.00477. The standard InChI is InChI=1S/C12H11BrN2OS/c13-7-1-2-10-8(5-7)9(14)6-11(16-10)12-15-3-4-17-12/h1-5,9,11H,6,14H2/t9-,11?/m0/s1. The van der Waals surface area contributed by atoms with Gasteiger partial charge in [-0.25, -0.2) is 4.98 Å². The maximum absolute atomic E-state index is 6.19. The van der Waals surface area contributed by atoms with Crippen molar-refractivity contribution in [2.24, 2.45) is 5.73 Å².